The van der Waals surface area contributed by atoms with E-state index in [-0.39, 0.29) is 24.9 Å². The summed E-state index contributed by atoms with van der Waals surface area (Å²) in [6, 6.07) is 7.14. The number of amides is 3. The molecule has 1 aromatic carbocycles. The number of hydrogen-bond donors (Lipinski definition) is 1. The molecule has 2 aromatic rings. The number of likely N-dealkylation sites (tertiary alicyclic amines) is 2. The van der Waals surface area contributed by atoms with E-state index in [9.17, 15) is 23.2 Å². The van der Waals surface area contributed by atoms with Crippen molar-refractivity contribution >= 4 is 17.7 Å². The SMILES string of the molecule is O=C(NCc1ccccn1)[C@@H]1CCCN1C(=O)[C@@H]1CCCN1C(=O)c1c(F)cccc1F. The highest BCUT2D eigenvalue weighted by molar-refractivity contribution is 5.99. The largest absolute Gasteiger partial charge is 0.349 e. The fourth-order valence-corrected chi connectivity index (χ4v) is 4.40. The fourth-order valence-electron chi connectivity index (χ4n) is 4.40. The van der Waals surface area contributed by atoms with E-state index in [0.717, 1.165) is 12.1 Å². The second kappa shape index (κ2) is 9.42. The molecule has 3 heterocycles. The number of benzene rings is 1. The van der Waals surface area contributed by atoms with Crippen LogP contribution in [-0.4, -0.2) is 57.7 Å². The summed E-state index contributed by atoms with van der Waals surface area (Å²) in [4.78, 5) is 45.8. The summed E-state index contributed by atoms with van der Waals surface area (Å²) in [5, 5.41) is 2.82. The Bertz CT molecular complexity index is 997. The van der Waals surface area contributed by atoms with Gasteiger partial charge in [0, 0.05) is 19.3 Å². The Hall–Kier alpha value is -3.36. The minimum absolute atomic E-state index is 0.230. The minimum Gasteiger partial charge on any atom is -0.349 e. The second-order valence-corrected chi connectivity index (χ2v) is 7.98. The quantitative estimate of drug-likeness (QED) is 0.770. The highest BCUT2D eigenvalue weighted by atomic mass is 19.1. The monoisotopic (exact) mass is 442 g/mol. The number of aromatic nitrogens is 1. The normalized spacial score (nSPS) is 20.4. The second-order valence-electron chi connectivity index (χ2n) is 7.98. The minimum atomic E-state index is -0.957. The molecule has 32 heavy (non-hydrogen) atoms. The number of nitrogens with zero attached hydrogens (tertiary/aromatic N) is 3. The molecule has 0 aliphatic carbocycles. The Labute approximate surface area is 184 Å². The Morgan fingerprint density at radius 2 is 1.62 bits per heavy atom. The fraction of sp³-hybridized carbons (Fsp3) is 0.391. The first-order valence-electron chi connectivity index (χ1n) is 10.7. The lowest BCUT2D eigenvalue weighted by Crippen LogP contribution is -2.53. The molecule has 7 nitrogen and oxygen atoms in total. The van der Waals surface area contributed by atoms with Crippen molar-refractivity contribution in [1.29, 1.82) is 0 Å². The van der Waals surface area contributed by atoms with Crippen LogP contribution in [0, 0.1) is 11.6 Å². The van der Waals surface area contributed by atoms with E-state index in [4.69, 9.17) is 0 Å². The van der Waals surface area contributed by atoms with E-state index in [0.29, 0.717) is 37.9 Å². The zero-order valence-electron chi connectivity index (χ0n) is 17.5. The number of pyridine rings is 1. The van der Waals surface area contributed by atoms with Crippen LogP contribution in [0.5, 0.6) is 0 Å². The summed E-state index contributed by atoms with van der Waals surface area (Å²) in [5.74, 6) is -3.39. The number of rotatable bonds is 5. The first-order valence-corrected chi connectivity index (χ1v) is 10.7. The number of halogens is 2. The third-order valence-electron chi connectivity index (χ3n) is 5.98. The van der Waals surface area contributed by atoms with Gasteiger partial charge in [0.15, 0.2) is 0 Å². The van der Waals surface area contributed by atoms with Crippen molar-refractivity contribution in [2.45, 2.75) is 44.3 Å². The summed E-state index contributed by atoms with van der Waals surface area (Å²) in [6.45, 7) is 0.874. The summed E-state index contributed by atoms with van der Waals surface area (Å²) in [5.41, 5.74) is 0.0504. The molecule has 4 rings (SSSR count). The molecule has 2 saturated heterocycles. The summed E-state index contributed by atoms with van der Waals surface area (Å²) in [7, 11) is 0. The smallest absolute Gasteiger partial charge is 0.260 e. The van der Waals surface area contributed by atoms with Gasteiger partial charge in [0.05, 0.1) is 12.2 Å². The Morgan fingerprint density at radius 1 is 0.938 bits per heavy atom. The Kier molecular flexibility index (Phi) is 6.43. The lowest BCUT2D eigenvalue weighted by atomic mass is 10.1. The van der Waals surface area contributed by atoms with Gasteiger partial charge in [-0.05, 0) is 49.9 Å². The highest BCUT2D eigenvalue weighted by Crippen LogP contribution is 2.27. The van der Waals surface area contributed by atoms with Crippen molar-refractivity contribution in [1.82, 2.24) is 20.1 Å². The van der Waals surface area contributed by atoms with Crippen molar-refractivity contribution in [2.24, 2.45) is 0 Å². The molecule has 0 bridgehead atoms. The van der Waals surface area contributed by atoms with Crippen LogP contribution in [-0.2, 0) is 16.1 Å². The molecule has 2 fully saturated rings. The van der Waals surface area contributed by atoms with Gasteiger partial charge in [-0.3, -0.25) is 19.4 Å². The van der Waals surface area contributed by atoms with E-state index < -0.39 is 35.2 Å². The average Bonchev–Trinajstić information content (AvgIpc) is 3.47. The van der Waals surface area contributed by atoms with Gasteiger partial charge >= 0.3 is 0 Å². The lowest BCUT2D eigenvalue weighted by molar-refractivity contribution is -0.141. The van der Waals surface area contributed by atoms with E-state index in [1.807, 2.05) is 6.07 Å². The predicted molar refractivity (Wildman–Crippen MR) is 111 cm³/mol. The van der Waals surface area contributed by atoms with Gasteiger partial charge in [-0.15, -0.1) is 0 Å². The van der Waals surface area contributed by atoms with Crippen molar-refractivity contribution < 1.29 is 23.2 Å². The Balaban J connectivity index is 1.46. The van der Waals surface area contributed by atoms with E-state index in [1.165, 1.54) is 15.9 Å². The van der Waals surface area contributed by atoms with Crippen molar-refractivity contribution in [2.75, 3.05) is 13.1 Å². The van der Waals surface area contributed by atoms with Crippen LogP contribution in [0.15, 0.2) is 42.6 Å². The van der Waals surface area contributed by atoms with E-state index in [1.54, 1.807) is 18.3 Å². The average molecular weight is 442 g/mol. The lowest BCUT2D eigenvalue weighted by Gasteiger charge is -2.31. The number of hydrogen-bond acceptors (Lipinski definition) is 4. The number of carbonyl (C=O) groups excluding carboxylic acids is 3. The summed E-state index contributed by atoms with van der Waals surface area (Å²) in [6.07, 6.45) is 3.75. The standard InChI is InChI=1S/C23H24F2N4O3/c24-16-7-3-8-17(25)20(16)23(32)29-13-5-10-19(29)22(31)28-12-4-9-18(28)21(30)27-14-15-6-1-2-11-26-15/h1-3,6-8,11,18-19H,4-5,9-10,12-14H2,(H,27,30)/t18-,19-/m0/s1. The summed E-state index contributed by atoms with van der Waals surface area (Å²) < 4.78 is 28.3. The molecule has 3 amide bonds. The maximum absolute atomic E-state index is 14.1. The molecule has 1 N–H and O–H groups in total. The molecular formula is C23H24F2N4O3. The molecule has 2 aliphatic rings. The van der Waals surface area contributed by atoms with Crippen LogP contribution in [0.4, 0.5) is 8.78 Å². The van der Waals surface area contributed by atoms with Crippen molar-refractivity contribution in [3.05, 3.63) is 65.5 Å². The molecule has 2 atom stereocenters. The van der Waals surface area contributed by atoms with Crippen LogP contribution in [0.25, 0.3) is 0 Å². The molecule has 0 saturated carbocycles. The number of carbonyl (C=O) groups is 3. The van der Waals surface area contributed by atoms with Crippen LogP contribution < -0.4 is 5.32 Å². The number of nitrogens with one attached hydrogen (secondary N) is 1. The van der Waals surface area contributed by atoms with Crippen LogP contribution >= 0.6 is 0 Å². The van der Waals surface area contributed by atoms with Crippen molar-refractivity contribution in [3.8, 4) is 0 Å². The zero-order chi connectivity index (χ0) is 22.7. The third kappa shape index (κ3) is 4.32. The van der Waals surface area contributed by atoms with Crippen LogP contribution in [0.2, 0.25) is 0 Å². The molecule has 0 radical (unpaired) electrons. The first kappa shape index (κ1) is 21.9. The van der Waals surface area contributed by atoms with Crippen molar-refractivity contribution in [3.63, 3.8) is 0 Å². The van der Waals surface area contributed by atoms with Gasteiger partial charge in [-0.1, -0.05) is 12.1 Å². The molecule has 0 spiro atoms. The third-order valence-corrected chi connectivity index (χ3v) is 5.98. The highest BCUT2D eigenvalue weighted by Gasteiger charge is 2.43. The molecule has 2 aliphatic heterocycles. The zero-order valence-corrected chi connectivity index (χ0v) is 17.5. The van der Waals surface area contributed by atoms with Crippen LogP contribution in [0.3, 0.4) is 0 Å². The van der Waals surface area contributed by atoms with Crippen LogP contribution in [0.1, 0.15) is 41.7 Å². The van der Waals surface area contributed by atoms with Gasteiger partial charge in [-0.2, -0.15) is 0 Å². The topological polar surface area (TPSA) is 82.6 Å². The predicted octanol–water partition coefficient (Wildman–Crippen LogP) is 2.27. The maximum Gasteiger partial charge on any atom is 0.260 e. The molecule has 1 aromatic heterocycles. The van der Waals surface area contributed by atoms with Gasteiger partial charge in [0.25, 0.3) is 5.91 Å². The molecule has 9 heteroatoms. The van der Waals surface area contributed by atoms with Gasteiger partial charge in [-0.25, -0.2) is 8.78 Å². The first-order chi connectivity index (χ1) is 15.5. The molecule has 168 valence electrons. The molecule has 0 unspecified atom stereocenters. The van der Waals surface area contributed by atoms with Gasteiger partial charge in [0.1, 0.15) is 29.3 Å². The maximum atomic E-state index is 14.1. The van der Waals surface area contributed by atoms with E-state index >= 15 is 0 Å². The summed E-state index contributed by atoms with van der Waals surface area (Å²) >= 11 is 0. The van der Waals surface area contributed by atoms with Gasteiger partial charge in [0.2, 0.25) is 11.8 Å². The van der Waals surface area contributed by atoms with E-state index in [2.05, 4.69) is 10.3 Å². The van der Waals surface area contributed by atoms with Gasteiger partial charge < -0.3 is 15.1 Å². The molecular weight excluding hydrogens is 418 g/mol. The Morgan fingerprint density at radius 3 is 2.31 bits per heavy atom.